The number of unbranched alkanes of at least 4 members (excludes halogenated alkanes) is 1. The Balaban J connectivity index is 2.02. The van der Waals surface area contributed by atoms with Crippen LogP contribution in [-0.4, -0.2) is 23.1 Å². The van der Waals surface area contributed by atoms with Gasteiger partial charge < -0.3 is 13.9 Å². The standard InChI is InChI=1S/C22H20N2O3/c1-3-4-5-8-16(2)27-22(25)21-18-11-10-17(26-14-12-23)15-20(18)24-13-7-6-9-19(21)24/h6-7,9-11,13,15-16H,3-4,14H2,1-2H3. The van der Waals surface area contributed by atoms with Crippen LogP contribution in [0.15, 0.2) is 42.6 Å². The maximum absolute atomic E-state index is 12.9. The molecule has 1 atom stereocenters. The van der Waals surface area contributed by atoms with Gasteiger partial charge >= 0.3 is 5.97 Å². The molecule has 0 saturated carbocycles. The molecule has 2 aromatic heterocycles. The number of rotatable bonds is 5. The minimum Gasteiger partial charge on any atom is -0.479 e. The summed E-state index contributed by atoms with van der Waals surface area (Å²) in [4.78, 5) is 12.9. The lowest BCUT2D eigenvalue weighted by Crippen LogP contribution is -2.13. The molecule has 0 N–H and O–H groups in total. The van der Waals surface area contributed by atoms with Gasteiger partial charge in [0, 0.05) is 24.1 Å². The summed E-state index contributed by atoms with van der Waals surface area (Å²) in [6, 6.07) is 13.0. The van der Waals surface area contributed by atoms with E-state index in [0.29, 0.717) is 11.3 Å². The van der Waals surface area contributed by atoms with E-state index < -0.39 is 12.1 Å². The third kappa shape index (κ3) is 3.88. The first-order valence-corrected chi connectivity index (χ1v) is 8.87. The summed E-state index contributed by atoms with van der Waals surface area (Å²) in [6.45, 7) is 3.80. The van der Waals surface area contributed by atoms with Crippen LogP contribution < -0.4 is 4.74 Å². The number of benzene rings is 1. The molecule has 1 unspecified atom stereocenters. The van der Waals surface area contributed by atoms with Gasteiger partial charge in [0.1, 0.15) is 11.8 Å². The quantitative estimate of drug-likeness (QED) is 0.501. The molecule has 0 fully saturated rings. The molecule has 27 heavy (non-hydrogen) atoms. The summed E-state index contributed by atoms with van der Waals surface area (Å²) < 4.78 is 12.9. The van der Waals surface area contributed by atoms with Gasteiger partial charge in [0.05, 0.1) is 16.6 Å². The molecule has 0 aliphatic rings. The first kappa shape index (κ1) is 18.4. The molecule has 3 aromatic rings. The van der Waals surface area contributed by atoms with Crippen molar-refractivity contribution in [2.24, 2.45) is 0 Å². The Labute approximate surface area is 158 Å². The number of pyridine rings is 1. The van der Waals surface area contributed by atoms with Gasteiger partial charge in [0.2, 0.25) is 0 Å². The van der Waals surface area contributed by atoms with E-state index in [1.165, 1.54) is 0 Å². The van der Waals surface area contributed by atoms with Gasteiger partial charge in [-0.05, 0) is 37.6 Å². The largest absolute Gasteiger partial charge is 0.479 e. The number of ether oxygens (including phenoxy) is 2. The molecular formula is C22H20N2O3. The predicted octanol–water partition coefficient (Wildman–Crippen LogP) is 4.34. The Morgan fingerprint density at radius 3 is 2.89 bits per heavy atom. The minimum absolute atomic E-state index is 0.0301. The number of esters is 1. The molecule has 3 rings (SSSR count). The summed E-state index contributed by atoms with van der Waals surface area (Å²) in [5.41, 5.74) is 2.07. The van der Waals surface area contributed by atoms with Gasteiger partial charge in [-0.1, -0.05) is 24.8 Å². The Kier molecular flexibility index (Phi) is 5.64. The van der Waals surface area contributed by atoms with Gasteiger partial charge in [0.15, 0.2) is 12.7 Å². The van der Waals surface area contributed by atoms with E-state index in [0.717, 1.165) is 29.3 Å². The second-order valence-corrected chi connectivity index (χ2v) is 6.08. The first-order valence-electron chi connectivity index (χ1n) is 8.87. The lowest BCUT2D eigenvalue weighted by atomic mass is 10.1. The fourth-order valence-electron chi connectivity index (χ4n) is 2.93. The highest BCUT2D eigenvalue weighted by Gasteiger charge is 2.21. The molecular weight excluding hydrogens is 340 g/mol. The molecule has 0 radical (unpaired) electrons. The maximum atomic E-state index is 12.9. The van der Waals surface area contributed by atoms with Crippen LogP contribution in [0.3, 0.4) is 0 Å². The number of hydrogen-bond donors (Lipinski definition) is 0. The van der Waals surface area contributed by atoms with Crippen LogP contribution in [-0.2, 0) is 4.74 Å². The first-order chi connectivity index (χ1) is 13.2. The number of nitriles is 1. The number of nitrogens with zero attached hydrogens (tertiary/aromatic N) is 2. The lowest BCUT2D eigenvalue weighted by molar-refractivity contribution is 0.0443. The van der Waals surface area contributed by atoms with Crippen molar-refractivity contribution in [2.75, 3.05) is 6.61 Å². The molecule has 0 aliphatic carbocycles. The molecule has 5 heteroatoms. The third-order valence-corrected chi connectivity index (χ3v) is 4.09. The van der Waals surface area contributed by atoms with E-state index in [2.05, 4.69) is 18.8 Å². The molecule has 0 amide bonds. The van der Waals surface area contributed by atoms with Crippen LogP contribution in [0.1, 0.15) is 37.0 Å². The molecule has 0 spiro atoms. The lowest BCUT2D eigenvalue weighted by Gasteiger charge is -2.07. The average Bonchev–Trinajstić information content (AvgIpc) is 3.00. The van der Waals surface area contributed by atoms with Gasteiger partial charge in [-0.2, -0.15) is 5.26 Å². The number of carbonyl (C=O) groups is 1. The second-order valence-electron chi connectivity index (χ2n) is 6.08. The van der Waals surface area contributed by atoms with Crippen molar-refractivity contribution in [3.05, 3.63) is 48.2 Å². The maximum Gasteiger partial charge on any atom is 0.342 e. The smallest absolute Gasteiger partial charge is 0.342 e. The van der Waals surface area contributed by atoms with Gasteiger partial charge in [-0.3, -0.25) is 0 Å². The predicted molar refractivity (Wildman–Crippen MR) is 104 cm³/mol. The summed E-state index contributed by atoms with van der Waals surface area (Å²) in [7, 11) is 0. The molecule has 136 valence electrons. The average molecular weight is 360 g/mol. The van der Waals surface area contributed by atoms with Gasteiger partial charge in [0.25, 0.3) is 0 Å². The monoisotopic (exact) mass is 360 g/mol. The van der Waals surface area contributed by atoms with E-state index in [9.17, 15) is 4.79 Å². The van der Waals surface area contributed by atoms with Gasteiger partial charge in [-0.25, -0.2) is 4.79 Å². The van der Waals surface area contributed by atoms with E-state index in [1.807, 2.05) is 47.0 Å². The van der Waals surface area contributed by atoms with Gasteiger partial charge in [-0.15, -0.1) is 0 Å². The molecule has 0 saturated heterocycles. The highest BCUT2D eigenvalue weighted by Crippen LogP contribution is 2.30. The third-order valence-electron chi connectivity index (χ3n) is 4.09. The van der Waals surface area contributed by atoms with Crippen molar-refractivity contribution in [3.8, 4) is 23.7 Å². The van der Waals surface area contributed by atoms with E-state index in [-0.39, 0.29) is 6.61 Å². The summed E-state index contributed by atoms with van der Waals surface area (Å²) in [6.07, 6.45) is 3.16. The summed E-state index contributed by atoms with van der Waals surface area (Å²) in [5, 5.41) is 9.47. The number of hydrogen-bond acceptors (Lipinski definition) is 4. The van der Waals surface area contributed by atoms with Crippen LogP contribution in [0.5, 0.6) is 5.75 Å². The fourth-order valence-corrected chi connectivity index (χ4v) is 2.93. The van der Waals surface area contributed by atoms with Crippen molar-refractivity contribution in [1.29, 1.82) is 5.26 Å². The Hall–Kier alpha value is -3.44. The van der Waals surface area contributed by atoms with Crippen molar-refractivity contribution in [2.45, 2.75) is 32.8 Å². The molecule has 0 aliphatic heterocycles. The number of carbonyl (C=O) groups excluding carboxylic acids is 1. The second kappa shape index (κ2) is 8.29. The summed E-state index contributed by atoms with van der Waals surface area (Å²) in [5.74, 6) is 6.14. The fraction of sp³-hybridized carbons (Fsp3) is 0.273. The van der Waals surface area contributed by atoms with E-state index in [4.69, 9.17) is 14.7 Å². The zero-order valence-electron chi connectivity index (χ0n) is 15.4. The number of fused-ring (bicyclic) bond motifs is 3. The Morgan fingerprint density at radius 2 is 2.11 bits per heavy atom. The zero-order chi connectivity index (χ0) is 19.2. The highest BCUT2D eigenvalue weighted by molar-refractivity contribution is 6.12. The number of aromatic nitrogens is 1. The minimum atomic E-state index is -0.476. The van der Waals surface area contributed by atoms with Crippen molar-refractivity contribution < 1.29 is 14.3 Å². The molecule has 0 bridgehead atoms. The van der Waals surface area contributed by atoms with E-state index in [1.54, 1.807) is 13.0 Å². The Bertz CT molecular complexity index is 1080. The summed E-state index contributed by atoms with van der Waals surface area (Å²) >= 11 is 0. The zero-order valence-corrected chi connectivity index (χ0v) is 15.4. The topological polar surface area (TPSA) is 63.7 Å². The van der Waals surface area contributed by atoms with E-state index >= 15 is 0 Å². The molecule has 1 aromatic carbocycles. The SMILES string of the molecule is CCCC#CC(C)OC(=O)c1c2ccc(OCC#N)cc2n2ccccc12. The molecule has 2 heterocycles. The van der Waals surface area contributed by atoms with Crippen LogP contribution in [0, 0.1) is 23.2 Å². The molecule has 5 nitrogen and oxygen atoms in total. The Morgan fingerprint density at radius 1 is 1.26 bits per heavy atom. The highest BCUT2D eigenvalue weighted by atomic mass is 16.5. The van der Waals surface area contributed by atoms with Crippen molar-refractivity contribution >= 4 is 22.4 Å². The van der Waals surface area contributed by atoms with Crippen LogP contribution in [0.2, 0.25) is 0 Å². The van der Waals surface area contributed by atoms with Crippen LogP contribution in [0.4, 0.5) is 0 Å². The van der Waals surface area contributed by atoms with Crippen LogP contribution in [0.25, 0.3) is 16.4 Å². The van der Waals surface area contributed by atoms with Crippen molar-refractivity contribution in [3.63, 3.8) is 0 Å². The normalized spacial score (nSPS) is 11.4. The van der Waals surface area contributed by atoms with Crippen molar-refractivity contribution in [1.82, 2.24) is 4.40 Å². The van der Waals surface area contributed by atoms with Crippen LogP contribution >= 0.6 is 0 Å².